The molecule has 2 aliphatic rings. The summed E-state index contributed by atoms with van der Waals surface area (Å²) in [4.78, 5) is 12.3. The minimum atomic E-state index is 0.111. The summed E-state index contributed by atoms with van der Waals surface area (Å²) in [5.41, 5.74) is 2.06. The van der Waals surface area contributed by atoms with Gasteiger partial charge in [0, 0.05) is 25.1 Å². The summed E-state index contributed by atoms with van der Waals surface area (Å²) in [6, 6.07) is 5.92. The first-order chi connectivity index (χ1) is 10.2. The molecule has 0 aromatic heterocycles. The van der Waals surface area contributed by atoms with Gasteiger partial charge in [0.2, 0.25) is 5.91 Å². The zero-order valence-electron chi connectivity index (χ0n) is 12.7. The van der Waals surface area contributed by atoms with Crippen molar-refractivity contribution in [1.29, 1.82) is 0 Å². The van der Waals surface area contributed by atoms with Crippen molar-refractivity contribution >= 4 is 11.6 Å². The molecule has 1 aliphatic heterocycles. The molecule has 3 rings (SSSR count). The van der Waals surface area contributed by atoms with E-state index in [1.165, 1.54) is 5.56 Å². The van der Waals surface area contributed by atoms with Crippen molar-refractivity contribution in [3.63, 3.8) is 0 Å². The number of nitrogens with one attached hydrogen (secondary N) is 1. The Labute approximate surface area is 125 Å². The fraction of sp³-hybridized carbons (Fsp3) is 0.588. The standard InChI is InChI=1S/C17H23NO3/c1-11-9-13-10-14(5-8-16(13)21-11)18-17(19)12-3-6-15(20-2)7-4-12/h5,8,10-12,15H,3-4,6-7,9H2,1-2H3,(H,18,19). The summed E-state index contributed by atoms with van der Waals surface area (Å²) in [5.74, 6) is 1.19. The van der Waals surface area contributed by atoms with Crippen LogP contribution in [-0.2, 0) is 16.0 Å². The number of hydrogen-bond donors (Lipinski definition) is 1. The average molecular weight is 289 g/mol. The van der Waals surface area contributed by atoms with E-state index >= 15 is 0 Å². The minimum Gasteiger partial charge on any atom is -0.490 e. The molecule has 1 heterocycles. The van der Waals surface area contributed by atoms with E-state index < -0.39 is 0 Å². The van der Waals surface area contributed by atoms with Crippen LogP contribution >= 0.6 is 0 Å². The molecule has 1 unspecified atom stereocenters. The number of rotatable bonds is 3. The van der Waals surface area contributed by atoms with Crippen molar-refractivity contribution in [3.05, 3.63) is 23.8 Å². The molecule has 4 nitrogen and oxygen atoms in total. The van der Waals surface area contributed by atoms with Crippen molar-refractivity contribution < 1.29 is 14.3 Å². The first-order valence-corrected chi connectivity index (χ1v) is 7.79. The van der Waals surface area contributed by atoms with Gasteiger partial charge in [-0.15, -0.1) is 0 Å². The Morgan fingerprint density at radius 3 is 2.76 bits per heavy atom. The number of carbonyl (C=O) groups is 1. The Kier molecular flexibility index (Phi) is 4.15. The van der Waals surface area contributed by atoms with Crippen LogP contribution in [0.5, 0.6) is 5.75 Å². The molecule has 1 aromatic rings. The molecule has 114 valence electrons. The first-order valence-electron chi connectivity index (χ1n) is 7.79. The molecular weight excluding hydrogens is 266 g/mol. The summed E-state index contributed by atoms with van der Waals surface area (Å²) < 4.78 is 11.0. The maximum atomic E-state index is 12.3. The monoisotopic (exact) mass is 289 g/mol. The Balaban J connectivity index is 1.60. The van der Waals surface area contributed by atoms with E-state index in [-0.39, 0.29) is 17.9 Å². The van der Waals surface area contributed by atoms with Crippen LogP contribution in [0.1, 0.15) is 38.2 Å². The number of anilines is 1. The fourth-order valence-corrected chi connectivity index (χ4v) is 3.30. The molecule has 1 atom stereocenters. The predicted molar refractivity (Wildman–Crippen MR) is 81.6 cm³/mol. The van der Waals surface area contributed by atoms with Gasteiger partial charge in [-0.25, -0.2) is 0 Å². The summed E-state index contributed by atoms with van der Waals surface area (Å²) in [7, 11) is 1.75. The number of benzene rings is 1. The number of ether oxygens (including phenoxy) is 2. The van der Waals surface area contributed by atoms with Crippen LogP contribution in [0.25, 0.3) is 0 Å². The predicted octanol–water partition coefficient (Wildman–Crippen LogP) is 3.15. The SMILES string of the molecule is COC1CCC(C(=O)Nc2ccc3c(c2)CC(C)O3)CC1. The van der Waals surface area contributed by atoms with E-state index in [4.69, 9.17) is 9.47 Å². The van der Waals surface area contributed by atoms with Gasteiger partial charge in [0.15, 0.2) is 0 Å². The van der Waals surface area contributed by atoms with Crippen molar-refractivity contribution in [1.82, 2.24) is 0 Å². The first kappa shape index (κ1) is 14.4. The van der Waals surface area contributed by atoms with Gasteiger partial charge in [0.25, 0.3) is 0 Å². The number of carbonyl (C=O) groups excluding carboxylic acids is 1. The average Bonchev–Trinajstić information content (AvgIpc) is 2.86. The molecule has 1 aliphatic carbocycles. The molecule has 0 radical (unpaired) electrons. The van der Waals surface area contributed by atoms with Crippen LogP contribution in [0.15, 0.2) is 18.2 Å². The van der Waals surface area contributed by atoms with Crippen LogP contribution in [0, 0.1) is 5.92 Å². The smallest absolute Gasteiger partial charge is 0.227 e. The highest BCUT2D eigenvalue weighted by Gasteiger charge is 2.26. The van der Waals surface area contributed by atoms with E-state index in [1.807, 2.05) is 18.2 Å². The maximum absolute atomic E-state index is 12.3. The Morgan fingerprint density at radius 1 is 1.29 bits per heavy atom. The molecule has 1 fully saturated rings. The van der Waals surface area contributed by atoms with Crippen LogP contribution < -0.4 is 10.1 Å². The Morgan fingerprint density at radius 2 is 2.05 bits per heavy atom. The summed E-state index contributed by atoms with van der Waals surface area (Å²) >= 11 is 0. The lowest BCUT2D eigenvalue weighted by molar-refractivity contribution is -0.121. The van der Waals surface area contributed by atoms with E-state index in [2.05, 4.69) is 12.2 Å². The number of fused-ring (bicyclic) bond motifs is 1. The van der Waals surface area contributed by atoms with E-state index in [0.717, 1.165) is 43.5 Å². The van der Waals surface area contributed by atoms with Crippen LogP contribution in [0.4, 0.5) is 5.69 Å². The highest BCUT2D eigenvalue weighted by atomic mass is 16.5. The highest BCUT2D eigenvalue weighted by Crippen LogP contribution is 2.32. The highest BCUT2D eigenvalue weighted by molar-refractivity contribution is 5.92. The number of methoxy groups -OCH3 is 1. The quantitative estimate of drug-likeness (QED) is 0.930. The zero-order valence-corrected chi connectivity index (χ0v) is 12.7. The van der Waals surface area contributed by atoms with Gasteiger partial charge in [-0.3, -0.25) is 4.79 Å². The molecule has 1 aromatic carbocycles. The van der Waals surface area contributed by atoms with Crippen molar-refractivity contribution in [3.8, 4) is 5.75 Å². The second-order valence-corrected chi connectivity index (χ2v) is 6.15. The van der Waals surface area contributed by atoms with Crippen LogP contribution in [0.3, 0.4) is 0 Å². The lowest BCUT2D eigenvalue weighted by Crippen LogP contribution is -2.29. The Bertz CT molecular complexity index is 521. The molecule has 4 heteroatoms. The van der Waals surface area contributed by atoms with E-state index in [1.54, 1.807) is 7.11 Å². The van der Waals surface area contributed by atoms with Crippen LogP contribution in [-0.4, -0.2) is 25.2 Å². The molecule has 1 saturated carbocycles. The zero-order chi connectivity index (χ0) is 14.8. The van der Waals surface area contributed by atoms with Gasteiger partial charge in [0.05, 0.1) is 6.10 Å². The van der Waals surface area contributed by atoms with Gasteiger partial charge in [0.1, 0.15) is 11.9 Å². The van der Waals surface area contributed by atoms with Crippen molar-refractivity contribution in [2.45, 2.75) is 51.2 Å². The van der Waals surface area contributed by atoms with Crippen LogP contribution in [0.2, 0.25) is 0 Å². The lowest BCUT2D eigenvalue weighted by Gasteiger charge is -2.26. The summed E-state index contributed by atoms with van der Waals surface area (Å²) in [6.45, 7) is 2.06. The fourth-order valence-electron chi connectivity index (χ4n) is 3.30. The minimum absolute atomic E-state index is 0.111. The normalized spacial score (nSPS) is 27.8. The van der Waals surface area contributed by atoms with Gasteiger partial charge >= 0.3 is 0 Å². The number of hydrogen-bond acceptors (Lipinski definition) is 3. The molecule has 0 spiro atoms. The van der Waals surface area contributed by atoms with Gasteiger partial charge in [-0.05, 0) is 56.4 Å². The van der Waals surface area contributed by atoms with Gasteiger partial charge in [-0.1, -0.05) is 0 Å². The number of amides is 1. The molecule has 1 N–H and O–H groups in total. The maximum Gasteiger partial charge on any atom is 0.227 e. The molecule has 1 amide bonds. The van der Waals surface area contributed by atoms with Crippen molar-refractivity contribution in [2.75, 3.05) is 12.4 Å². The third kappa shape index (κ3) is 3.21. The van der Waals surface area contributed by atoms with Crippen molar-refractivity contribution in [2.24, 2.45) is 5.92 Å². The molecule has 0 saturated heterocycles. The topological polar surface area (TPSA) is 47.6 Å². The largest absolute Gasteiger partial charge is 0.490 e. The van der Waals surface area contributed by atoms with Gasteiger partial charge < -0.3 is 14.8 Å². The molecule has 21 heavy (non-hydrogen) atoms. The summed E-state index contributed by atoms with van der Waals surface area (Å²) in [5, 5.41) is 3.05. The lowest BCUT2D eigenvalue weighted by atomic mass is 9.86. The molecule has 0 bridgehead atoms. The second-order valence-electron chi connectivity index (χ2n) is 6.15. The third-order valence-electron chi connectivity index (χ3n) is 4.54. The van der Waals surface area contributed by atoms with Gasteiger partial charge in [-0.2, -0.15) is 0 Å². The third-order valence-corrected chi connectivity index (χ3v) is 4.54. The summed E-state index contributed by atoms with van der Waals surface area (Å²) in [6.07, 6.45) is 5.25. The second kappa shape index (κ2) is 6.06. The van der Waals surface area contributed by atoms with E-state index in [9.17, 15) is 4.79 Å². The van der Waals surface area contributed by atoms with E-state index in [0.29, 0.717) is 6.10 Å². The molecular formula is C17H23NO3. The Hall–Kier alpha value is -1.55.